The van der Waals surface area contributed by atoms with Crippen molar-refractivity contribution >= 4 is 0 Å². The maximum Gasteiger partial charge on any atom is 0.130 e. The largest absolute Gasteiger partial charge is 0.490 e. The lowest BCUT2D eigenvalue weighted by molar-refractivity contribution is -0.00787. The van der Waals surface area contributed by atoms with E-state index >= 15 is 0 Å². The lowest BCUT2D eigenvalue weighted by Crippen LogP contribution is -2.49. The quantitative estimate of drug-likeness (QED) is 0.591. The molecule has 1 aromatic carbocycles. The molecule has 2 atom stereocenters. The van der Waals surface area contributed by atoms with Gasteiger partial charge in [-0.05, 0) is 67.8 Å². The summed E-state index contributed by atoms with van der Waals surface area (Å²) in [7, 11) is 0. The van der Waals surface area contributed by atoms with Crippen LogP contribution in [-0.2, 0) is 20.3 Å². The van der Waals surface area contributed by atoms with Crippen LogP contribution in [0.4, 0.5) is 0 Å². The van der Waals surface area contributed by atoms with Crippen LogP contribution in [0.2, 0.25) is 0 Å². The van der Waals surface area contributed by atoms with Gasteiger partial charge in [-0.3, -0.25) is 0 Å². The van der Waals surface area contributed by atoms with Gasteiger partial charge in [-0.2, -0.15) is 0 Å². The first-order valence-corrected chi connectivity index (χ1v) is 12.1. The van der Waals surface area contributed by atoms with Crippen molar-refractivity contribution in [3.8, 4) is 11.5 Å². The number of hydrogen-bond acceptors (Lipinski definition) is 4. The fraction of sp³-hybridized carbons (Fsp3) is 0.769. The van der Waals surface area contributed by atoms with Gasteiger partial charge in [0.25, 0.3) is 0 Å². The second-order valence-corrected chi connectivity index (χ2v) is 11.8. The minimum atomic E-state index is 0.0227. The maximum absolute atomic E-state index is 6.64. The van der Waals surface area contributed by atoms with Crippen LogP contribution in [0.3, 0.4) is 0 Å². The highest BCUT2D eigenvalue weighted by atomic mass is 16.6. The number of epoxide rings is 2. The van der Waals surface area contributed by atoms with Gasteiger partial charge in [-0.25, -0.2) is 0 Å². The zero-order chi connectivity index (χ0) is 20.5. The van der Waals surface area contributed by atoms with Crippen molar-refractivity contribution in [2.24, 2.45) is 17.8 Å². The van der Waals surface area contributed by atoms with Crippen molar-refractivity contribution in [1.82, 2.24) is 0 Å². The van der Waals surface area contributed by atoms with Gasteiger partial charge in [-0.1, -0.05) is 26.8 Å². The van der Waals surface area contributed by atoms with Crippen molar-refractivity contribution in [2.45, 2.75) is 82.3 Å². The lowest BCUT2D eigenvalue weighted by Gasteiger charge is -2.57. The van der Waals surface area contributed by atoms with E-state index in [1.807, 2.05) is 0 Å². The summed E-state index contributed by atoms with van der Waals surface area (Å²) >= 11 is 0. The second-order valence-electron chi connectivity index (χ2n) is 11.8. The first-order valence-electron chi connectivity index (χ1n) is 12.1. The van der Waals surface area contributed by atoms with Crippen molar-refractivity contribution < 1.29 is 18.9 Å². The summed E-state index contributed by atoms with van der Waals surface area (Å²) in [6.45, 7) is 9.85. The standard InChI is InChI=1S/C26H36O4/c1-25(2,3)21-4-5-22(29-14-19-12-27-19)23(24(21)30-15-20-13-28-20)26-9-16-6-17(10-26)8-18(7-16)11-26/h4-5,16-20H,6-15H2,1-3H3. The molecule has 4 bridgehead atoms. The molecular formula is C26H36O4. The molecule has 2 aliphatic heterocycles. The molecule has 1 aromatic rings. The fourth-order valence-corrected chi connectivity index (χ4v) is 7.03. The molecule has 7 rings (SSSR count). The molecule has 2 saturated heterocycles. The smallest absolute Gasteiger partial charge is 0.130 e. The molecule has 4 nitrogen and oxygen atoms in total. The van der Waals surface area contributed by atoms with Gasteiger partial charge in [0.15, 0.2) is 0 Å². The number of benzene rings is 1. The van der Waals surface area contributed by atoms with Crippen LogP contribution < -0.4 is 9.47 Å². The fourth-order valence-electron chi connectivity index (χ4n) is 7.03. The predicted molar refractivity (Wildman–Crippen MR) is 115 cm³/mol. The summed E-state index contributed by atoms with van der Waals surface area (Å²) in [6, 6.07) is 4.48. The Labute approximate surface area is 180 Å². The molecule has 0 aromatic heterocycles. The Kier molecular flexibility index (Phi) is 4.45. The molecule has 4 heteroatoms. The van der Waals surface area contributed by atoms with Crippen LogP contribution in [0, 0.1) is 17.8 Å². The third kappa shape index (κ3) is 3.54. The summed E-state index contributed by atoms with van der Waals surface area (Å²) in [6.07, 6.45) is 8.76. The number of rotatable bonds is 7. The topological polar surface area (TPSA) is 43.5 Å². The van der Waals surface area contributed by atoms with Crippen LogP contribution in [0.5, 0.6) is 11.5 Å². The molecule has 2 heterocycles. The number of hydrogen-bond donors (Lipinski definition) is 0. The minimum Gasteiger partial charge on any atom is -0.490 e. The summed E-state index contributed by atoms with van der Waals surface area (Å²) < 4.78 is 24.0. The van der Waals surface area contributed by atoms with E-state index in [0.717, 1.165) is 42.5 Å². The van der Waals surface area contributed by atoms with E-state index in [1.54, 1.807) is 0 Å². The van der Waals surface area contributed by atoms with Gasteiger partial charge < -0.3 is 18.9 Å². The molecular weight excluding hydrogens is 376 g/mol. The third-order valence-electron chi connectivity index (χ3n) is 8.14. The second kappa shape index (κ2) is 6.87. The maximum atomic E-state index is 6.64. The Morgan fingerprint density at radius 2 is 1.40 bits per heavy atom. The first kappa shape index (κ1) is 19.4. The zero-order valence-electron chi connectivity index (χ0n) is 18.7. The molecule has 30 heavy (non-hydrogen) atoms. The summed E-state index contributed by atoms with van der Waals surface area (Å²) in [4.78, 5) is 0. The average molecular weight is 413 g/mol. The van der Waals surface area contributed by atoms with Crippen molar-refractivity contribution in [1.29, 1.82) is 0 Å². The first-order chi connectivity index (χ1) is 14.4. The highest BCUT2D eigenvalue weighted by Crippen LogP contribution is 2.64. The Morgan fingerprint density at radius 1 is 0.867 bits per heavy atom. The van der Waals surface area contributed by atoms with Gasteiger partial charge >= 0.3 is 0 Å². The van der Waals surface area contributed by atoms with Gasteiger partial charge in [0.1, 0.15) is 36.9 Å². The monoisotopic (exact) mass is 412 g/mol. The Morgan fingerprint density at radius 3 is 1.90 bits per heavy atom. The average Bonchev–Trinajstić information content (AvgIpc) is 3.57. The molecule has 2 unspecified atom stereocenters. The highest BCUT2D eigenvalue weighted by molar-refractivity contribution is 5.57. The Bertz CT molecular complexity index is 780. The van der Waals surface area contributed by atoms with E-state index in [1.165, 1.54) is 49.7 Å². The molecule has 4 aliphatic carbocycles. The molecule has 0 radical (unpaired) electrons. The van der Waals surface area contributed by atoms with E-state index in [4.69, 9.17) is 18.9 Å². The minimum absolute atomic E-state index is 0.0227. The van der Waals surface area contributed by atoms with E-state index in [2.05, 4.69) is 32.9 Å². The SMILES string of the molecule is CC(C)(C)c1ccc(OCC2CO2)c(C23CC4CC(CC(C4)C2)C3)c1OCC1CO1. The predicted octanol–water partition coefficient (Wildman–Crippen LogP) is 5.01. The van der Waals surface area contributed by atoms with Crippen molar-refractivity contribution in [3.05, 3.63) is 23.3 Å². The molecule has 4 saturated carbocycles. The zero-order valence-corrected chi connectivity index (χ0v) is 18.7. The normalized spacial score (nSPS) is 38.6. The van der Waals surface area contributed by atoms with E-state index < -0.39 is 0 Å². The van der Waals surface area contributed by atoms with Crippen LogP contribution in [0.1, 0.15) is 70.4 Å². The molecule has 6 aliphatic rings. The van der Waals surface area contributed by atoms with Crippen LogP contribution in [0.15, 0.2) is 12.1 Å². The molecule has 0 spiro atoms. The van der Waals surface area contributed by atoms with E-state index in [9.17, 15) is 0 Å². The van der Waals surface area contributed by atoms with Gasteiger partial charge in [0, 0.05) is 16.5 Å². The highest BCUT2D eigenvalue weighted by Gasteiger charge is 2.54. The van der Waals surface area contributed by atoms with E-state index in [-0.39, 0.29) is 23.0 Å². The molecule has 0 N–H and O–H groups in total. The van der Waals surface area contributed by atoms with Crippen LogP contribution in [-0.4, -0.2) is 38.6 Å². The Hall–Kier alpha value is -1.26. The number of ether oxygens (including phenoxy) is 4. The Balaban J connectivity index is 1.46. The molecule has 6 fully saturated rings. The van der Waals surface area contributed by atoms with Crippen LogP contribution >= 0.6 is 0 Å². The van der Waals surface area contributed by atoms with Crippen molar-refractivity contribution in [2.75, 3.05) is 26.4 Å². The molecule has 0 amide bonds. The van der Waals surface area contributed by atoms with Gasteiger partial charge in [0.2, 0.25) is 0 Å². The van der Waals surface area contributed by atoms with Crippen LogP contribution in [0.25, 0.3) is 0 Å². The third-order valence-corrected chi connectivity index (χ3v) is 8.14. The summed E-state index contributed by atoms with van der Waals surface area (Å²) in [5, 5.41) is 0. The molecule has 164 valence electrons. The summed E-state index contributed by atoms with van der Waals surface area (Å²) in [5.41, 5.74) is 2.93. The van der Waals surface area contributed by atoms with Gasteiger partial charge in [0.05, 0.1) is 13.2 Å². The lowest BCUT2D eigenvalue weighted by atomic mass is 9.47. The summed E-state index contributed by atoms with van der Waals surface area (Å²) in [5.74, 6) is 4.80. The van der Waals surface area contributed by atoms with E-state index in [0.29, 0.717) is 13.2 Å². The van der Waals surface area contributed by atoms with Crippen molar-refractivity contribution in [3.63, 3.8) is 0 Å². The van der Waals surface area contributed by atoms with Gasteiger partial charge in [-0.15, -0.1) is 0 Å².